The number of benzene rings is 2. The van der Waals surface area contributed by atoms with Crippen molar-refractivity contribution in [1.82, 2.24) is 0 Å². The second-order valence-corrected chi connectivity index (χ2v) is 4.15. The van der Waals surface area contributed by atoms with E-state index in [-0.39, 0.29) is 5.75 Å². The minimum absolute atomic E-state index is 0.252. The van der Waals surface area contributed by atoms with Crippen LogP contribution in [0.1, 0.15) is 11.1 Å². The standard InChI is InChI=1S/C7H7ClO.C7H8O/c1-5-2-3-6(8)4-7(5)9;1-6-4-2-3-5-7(6)8/h2-4,9H,1H3;2-5,8H,1H3. The van der Waals surface area contributed by atoms with Crippen molar-refractivity contribution >= 4 is 11.6 Å². The molecule has 17 heavy (non-hydrogen) atoms. The Morgan fingerprint density at radius 2 is 1.41 bits per heavy atom. The summed E-state index contributed by atoms with van der Waals surface area (Å²) >= 11 is 5.56. The van der Waals surface area contributed by atoms with Crippen LogP contribution in [0.2, 0.25) is 5.02 Å². The highest BCUT2D eigenvalue weighted by atomic mass is 35.5. The zero-order valence-electron chi connectivity index (χ0n) is 9.81. The Bertz CT molecular complexity index is 474. The van der Waals surface area contributed by atoms with Crippen LogP contribution in [0, 0.1) is 13.8 Å². The monoisotopic (exact) mass is 250 g/mol. The Labute approximate surface area is 106 Å². The van der Waals surface area contributed by atoms with Gasteiger partial charge in [0.25, 0.3) is 0 Å². The zero-order valence-corrected chi connectivity index (χ0v) is 10.6. The molecule has 0 saturated heterocycles. The molecule has 2 nitrogen and oxygen atoms in total. The van der Waals surface area contributed by atoms with Gasteiger partial charge in [0, 0.05) is 5.02 Å². The van der Waals surface area contributed by atoms with Crippen molar-refractivity contribution in [2.45, 2.75) is 13.8 Å². The molecular weight excluding hydrogens is 236 g/mol. The van der Waals surface area contributed by atoms with Gasteiger partial charge in [-0.2, -0.15) is 0 Å². The van der Waals surface area contributed by atoms with E-state index < -0.39 is 0 Å². The molecule has 0 aliphatic heterocycles. The van der Waals surface area contributed by atoms with Crippen LogP contribution in [-0.4, -0.2) is 10.2 Å². The van der Waals surface area contributed by atoms with Crippen molar-refractivity contribution in [1.29, 1.82) is 0 Å². The van der Waals surface area contributed by atoms with Crippen LogP contribution in [0.4, 0.5) is 0 Å². The molecule has 2 aromatic carbocycles. The molecule has 0 radical (unpaired) electrons. The minimum Gasteiger partial charge on any atom is -0.508 e. The maximum atomic E-state index is 9.02. The lowest BCUT2D eigenvalue weighted by molar-refractivity contribution is 0.470. The minimum atomic E-state index is 0.252. The maximum Gasteiger partial charge on any atom is 0.119 e. The van der Waals surface area contributed by atoms with Gasteiger partial charge in [-0.05, 0) is 43.2 Å². The number of hydrogen-bond acceptors (Lipinski definition) is 2. The first kappa shape index (κ1) is 13.4. The summed E-state index contributed by atoms with van der Waals surface area (Å²) in [7, 11) is 0. The van der Waals surface area contributed by atoms with Crippen molar-refractivity contribution in [3.8, 4) is 11.5 Å². The molecule has 0 amide bonds. The highest BCUT2D eigenvalue weighted by Crippen LogP contribution is 2.20. The number of rotatable bonds is 0. The van der Waals surface area contributed by atoms with Gasteiger partial charge in [-0.1, -0.05) is 35.9 Å². The second-order valence-electron chi connectivity index (χ2n) is 3.72. The van der Waals surface area contributed by atoms with Crippen molar-refractivity contribution in [2.24, 2.45) is 0 Å². The Kier molecular flexibility index (Phi) is 4.85. The Balaban J connectivity index is 0.000000171. The van der Waals surface area contributed by atoms with Crippen molar-refractivity contribution < 1.29 is 10.2 Å². The normalized spacial score (nSPS) is 9.35. The third-order valence-electron chi connectivity index (χ3n) is 2.29. The van der Waals surface area contributed by atoms with Gasteiger partial charge in [-0.15, -0.1) is 0 Å². The first-order chi connectivity index (χ1) is 8.00. The van der Waals surface area contributed by atoms with Crippen molar-refractivity contribution in [3.63, 3.8) is 0 Å². The third-order valence-corrected chi connectivity index (χ3v) is 2.52. The number of aromatic hydroxyl groups is 2. The molecule has 3 heteroatoms. The van der Waals surface area contributed by atoms with Crippen LogP contribution < -0.4 is 0 Å². The van der Waals surface area contributed by atoms with E-state index in [1.54, 1.807) is 18.2 Å². The molecule has 0 aliphatic carbocycles. The molecule has 0 fully saturated rings. The molecule has 0 saturated carbocycles. The second kappa shape index (κ2) is 6.16. The van der Waals surface area contributed by atoms with Gasteiger partial charge in [-0.25, -0.2) is 0 Å². The average Bonchev–Trinajstić information content (AvgIpc) is 2.29. The summed E-state index contributed by atoms with van der Waals surface area (Å²) in [4.78, 5) is 0. The fourth-order valence-corrected chi connectivity index (χ4v) is 1.31. The summed E-state index contributed by atoms with van der Waals surface area (Å²) in [6.45, 7) is 3.70. The van der Waals surface area contributed by atoms with Gasteiger partial charge in [0.05, 0.1) is 0 Å². The Hall–Kier alpha value is -1.67. The van der Waals surface area contributed by atoms with Crippen LogP contribution in [0.25, 0.3) is 0 Å². The van der Waals surface area contributed by atoms with Crippen LogP contribution in [0.3, 0.4) is 0 Å². The number of phenolic OH excluding ortho intramolecular Hbond substituents is 2. The van der Waals surface area contributed by atoms with E-state index in [0.29, 0.717) is 10.8 Å². The summed E-state index contributed by atoms with van der Waals surface area (Å²) in [6, 6.07) is 12.3. The summed E-state index contributed by atoms with van der Waals surface area (Å²) in [5.74, 6) is 0.620. The van der Waals surface area contributed by atoms with E-state index in [1.807, 2.05) is 32.0 Å². The summed E-state index contributed by atoms with van der Waals surface area (Å²) in [5.41, 5.74) is 1.77. The highest BCUT2D eigenvalue weighted by molar-refractivity contribution is 6.30. The third kappa shape index (κ3) is 4.37. The molecule has 0 atom stereocenters. The zero-order chi connectivity index (χ0) is 12.8. The number of para-hydroxylation sites is 1. The van der Waals surface area contributed by atoms with Gasteiger partial charge in [0.1, 0.15) is 11.5 Å². The van der Waals surface area contributed by atoms with Crippen molar-refractivity contribution in [3.05, 3.63) is 58.6 Å². The molecule has 0 bridgehead atoms. The molecule has 0 aliphatic rings. The lowest BCUT2D eigenvalue weighted by Crippen LogP contribution is -1.71. The lowest BCUT2D eigenvalue weighted by atomic mass is 10.2. The summed E-state index contributed by atoms with van der Waals surface area (Å²) < 4.78 is 0. The van der Waals surface area contributed by atoms with E-state index in [4.69, 9.17) is 21.8 Å². The molecule has 0 aromatic heterocycles. The molecule has 0 heterocycles. The largest absolute Gasteiger partial charge is 0.508 e. The molecule has 0 spiro atoms. The van der Waals surface area contributed by atoms with E-state index in [1.165, 1.54) is 6.07 Å². The molecule has 2 rings (SSSR count). The van der Waals surface area contributed by atoms with E-state index >= 15 is 0 Å². The molecule has 90 valence electrons. The predicted molar refractivity (Wildman–Crippen MR) is 70.7 cm³/mol. The Morgan fingerprint density at radius 3 is 1.82 bits per heavy atom. The van der Waals surface area contributed by atoms with Crippen molar-refractivity contribution in [2.75, 3.05) is 0 Å². The smallest absolute Gasteiger partial charge is 0.119 e. The van der Waals surface area contributed by atoms with E-state index in [2.05, 4.69) is 0 Å². The average molecular weight is 251 g/mol. The topological polar surface area (TPSA) is 40.5 Å². The Morgan fingerprint density at radius 1 is 0.824 bits per heavy atom. The first-order valence-electron chi connectivity index (χ1n) is 5.20. The molecule has 2 aromatic rings. The van der Waals surface area contributed by atoms with Gasteiger partial charge in [0.15, 0.2) is 0 Å². The van der Waals surface area contributed by atoms with Crippen LogP contribution in [-0.2, 0) is 0 Å². The maximum absolute atomic E-state index is 9.02. The lowest BCUT2D eigenvalue weighted by Gasteiger charge is -1.95. The first-order valence-corrected chi connectivity index (χ1v) is 5.58. The number of aryl methyl sites for hydroxylation is 2. The fourth-order valence-electron chi connectivity index (χ4n) is 1.15. The van der Waals surface area contributed by atoms with Crippen LogP contribution in [0.15, 0.2) is 42.5 Å². The van der Waals surface area contributed by atoms with Crippen LogP contribution in [0.5, 0.6) is 11.5 Å². The van der Waals surface area contributed by atoms with Gasteiger partial charge in [-0.3, -0.25) is 0 Å². The SMILES string of the molecule is Cc1ccc(Cl)cc1O.Cc1ccccc1O. The molecular formula is C14H15ClO2. The van der Waals surface area contributed by atoms with Gasteiger partial charge >= 0.3 is 0 Å². The number of phenols is 2. The molecule has 0 unspecified atom stereocenters. The number of halogens is 1. The van der Waals surface area contributed by atoms with Gasteiger partial charge in [0.2, 0.25) is 0 Å². The predicted octanol–water partition coefficient (Wildman–Crippen LogP) is 4.05. The van der Waals surface area contributed by atoms with E-state index in [0.717, 1.165) is 11.1 Å². The van der Waals surface area contributed by atoms with Gasteiger partial charge < -0.3 is 10.2 Å². The van der Waals surface area contributed by atoms with E-state index in [9.17, 15) is 0 Å². The van der Waals surface area contributed by atoms with Crippen LogP contribution >= 0.6 is 11.6 Å². The summed E-state index contributed by atoms with van der Waals surface area (Å²) in [6.07, 6.45) is 0. The fraction of sp³-hybridized carbons (Fsp3) is 0.143. The number of hydrogen-bond donors (Lipinski definition) is 2. The summed E-state index contributed by atoms with van der Waals surface area (Å²) in [5, 5.41) is 18.5. The highest BCUT2D eigenvalue weighted by Gasteiger charge is 1.93. The molecule has 2 N–H and O–H groups in total. The quantitative estimate of drug-likeness (QED) is 0.740.